The number of carbonyl (C=O) groups excluding carboxylic acids is 1. The highest BCUT2D eigenvalue weighted by molar-refractivity contribution is 6.33. The van der Waals surface area contributed by atoms with Gasteiger partial charge in [-0.2, -0.15) is 5.10 Å². The second-order valence-electron chi connectivity index (χ2n) is 6.50. The zero-order valence-electron chi connectivity index (χ0n) is 14.4. The van der Waals surface area contributed by atoms with E-state index in [1.165, 1.54) is 6.20 Å². The number of likely N-dealkylation sites (N-methyl/N-ethyl adjacent to an activating group) is 1. The summed E-state index contributed by atoms with van der Waals surface area (Å²) in [5, 5.41) is 15.1. The Hall–Kier alpha value is -1.96. The van der Waals surface area contributed by atoms with Crippen molar-refractivity contribution in [1.82, 2.24) is 24.6 Å². The van der Waals surface area contributed by atoms with Gasteiger partial charge in [-0.05, 0) is 32.6 Å². The highest BCUT2D eigenvalue weighted by Crippen LogP contribution is 2.22. The van der Waals surface area contributed by atoms with Gasteiger partial charge in [-0.25, -0.2) is 0 Å². The molecule has 0 bridgehead atoms. The largest absolute Gasteiger partial charge is 0.385 e. The van der Waals surface area contributed by atoms with E-state index < -0.39 is 6.10 Å². The quantitative estimate of drug-likeness (QED) is 0.892. The van der Waals surface area contributed by atoms with Gasteiger partial charge in [0.1, 0.15) is 6.10 Å². The molecular formula is C17H22ClN5O2. The Balaban J connectivity index is 1.80. The highest BCUT2D eigenvalue weighted by atomic mass is 35.5. The maximum Gasteiger partial charge on any atom is 0.255 e. The molecule has 1 amide bonds. The maximum atomic E-state index is 12.8. The summed E-state index contributed by atoms with van der Waals surface area (Å²) in [7, 11) is 3.81. The summed E-state index contributed by atoms with van der Waals surface area (Å²) in [5.41, 5.74) is 2.02. The first-order valence-corrected chi connectivity index (χ1v) is 8.61. The van der Waals surface area contributed by atoms with Gasteiger partial charge in [0.15, 0.2) is 0 Å². The molecule has 1 atom stereocenters. The molecule has 134 valence electrons. The molecule has 1 unspecified atom stereocenters. The first-order chi connectivity index (χ1) is 12.0. The third-order valence-electron chi connectivity index (χ3n) is 4.20. The second-order valence-corrected chi connectivity index (χ2v) is 6.90. The van der Waals surface area contributed by atoms with E-state index >= 15 is 0 Å². The number of rotatable bonds is 4. The van der Waals surface area contributed by atoms with Crippen LogP contribution in [0.1, 0.15) is 34.3 Å². The molecule has 0 saturated heterocycles. The summed E-state index contributed by atoms with van der Waals surface area (Å²) in [6.07, 6.45) is 3.20. The first kappa shape index (κ1) is 17.8. The predicted octanol–water partition coefficient (Wildman–Crippen LogP) is 1.57. The van der Waals surface area contributed by atoms with Gasteiger partial charge >= 0.3 is 0 Å². The third-order valence-corrected chi connectivity index (χ3v) is 4.50. The van der Waals surface area contributed by atoms with Crippen LogP contribution < -0.4 is 0 Å². The van der Waals surface area contributed by atoms with Gasteiger partial charge in [-0.3, -0.25) is 14.5 Å². The van der Waals surface area contributed by atoms with Crippen LogP contribution in [0.2, 0.25) is 5.02 Å². The van der Waals surface area contributed by atoms with Crippen molar-refractivity contribution in [2.45, 2.75) is 25.6 Å². The number of aryl methyl sites for hydroxylation is 1. The number of nitrogens with zero attached hydrogens (tertiary/aromatic N) is 5. The molecule has 0 radical (unpaired) electrons. The van der Waals surface area contributed by atoms with E-state index in [0.29, 0.717) is 35.9 Å². The lowest BCUT2D eigenvalue weighted by molar-refractivity contribution is 0.0746. The van der Waals surface area contributed by atoms with E-state index in [0.717, 1.165) is 18.7 Å². The molecule has 1 N–H and O–H groups in total. The molecule has 2 aromatic rings. The zero-order valence-corrected chi connectivity index (χ0v) is 15.1. The number of hydrogen-bond donors (Lipinski definition) is 1. The van der Waals surface area contributed by atoms with Gasteiger partial charge in [0, 0.05) is 32.0 Å². The standard InChI is InChI=1S/C17H22ClN5O2/c1-21(2)11-16(24)15-8-12-10-22(6-3-7-23(12)20-15)17(25)13-4-5-19-9-14(13)18/h4-5,8-9,16,24H,3,6-7,10-11H2,1-2H3. The van der Waals surface area contributed by atoms with Crippen molar-refractivity contribution in [2.75, 3.05) is 27.2 Å². The van der Waals surface area contributed by atoms with Crippen LogP contribution in [0.25, 0.3) is 0 Å². The van der Waals surface area contributed by atoms with Gasteiger partial charge in [0.05, 0.1) is 28.5 Å². The molecule has 2 aromatic heterocycles. The molecule has 1 aliphatic rings. The summed E-state index contributed by atoms with van der Waals surface area (Å²) in [6, 6.07) is 3.52. The summed E-state index contributed by atoms with van der Waals surface area (Å²) in [5.74, 6) is -0.113. The lowest BCUT2D eigenvalue weighted by atomic mass is 10.2. The summed E-state index contributed by atoms with van der Waals surface area (Å²) in [4.78, 5) is 20.4. The minimum atomic E-state index is -0.645. The number of aliphatic hydroxyl groups is 1. The number of aliphatic hydroxyl groups excluding tert-OH is 1. The number of aromatic nitrogens is 3. The maximum absolute atomic E-state index is 12.8. The van der Waals surface area contributed by atoms with Crippen molar-refractivity contribution in [3.63, 3.8) is 0 Å². The molecule has 0 spiro atoms. The van der Waals surface area contributed by atoms with Crippen LogP contribution >= 0.6 is 11.6 Å². The Kier molecular flexibility index (Phi) is 5.36. The Morgan fingerprint density at radius 3 is 2.96 bits per heavy atom. The summed E-state index contributed by atoms with van der Waals surface area (Å²) < 4.78 is 1.88. The average molecular weight is 364 g/mol. The third kappa shape index (κ3) is 4.00. The predicted molar refractivity (Wildman–Crippen MR) is 94.3 cm³/mol. The molecule has 3 heterocycles. The van der Waals surface area contributed by atoms with E-state index in [9.17, 15) is 9.90 Å². The van der Waals surface area contributed by atoms with Crippen LogP contribution in [0, 0.1) is 0 Å². The minimum Gasteiger partial charge on any atom is -0.385 e. The van der Waals surface area contributed by atoms with Crippen molar-refractivity contribution < 1.29 is 9.90 Å². The Morgan fingerprint density at radius 1 is 1.44 bits per heavy atom. The zero-order chi connectivity index (χ0) is 18.0. The monoisotopic (exact) mass is 363 g/mol. The molecule has 7 nitrogen and oxygen atoms in total. The van der Waals surface area contributed by atoms with Crippen molar-refractivity contribution in [2.24, 2.45) is 0 Å². The number of fused-ring (bicyclic) bond motifs is 1. The summed E-state index contributed by atoms with van der Waals surface area (Å²) in [6.45, 7) is 2.30. The Bertz CT molecular complexity index is 761. The van der Waals surface area contributed by atoms with Crippen LogP contribution in [0.4, 0.5) is 0 Å². The van der Waals surface area contributed by atoms with Gasteiger partial charge < -0.3 is 14.9 Å². The van der Waals surface area contributed by atoms with E-state index in [2.05, 4.69) is 10.1 Å². The van der Waals surface area contributed by atoms with Crippen molar-refractivity contribution in [3.05, 3.63) is 46.5 Å². The Morgan fingerprint density at radius 2 is 2.24 bits per heavy atom. The number of amides is 1. The highest BCUT2D eigenvalue weighted by Gasteiger charge is 2.24. The lowest BCUT2D eigenvalue weighted by Gasteiger charge is -2.20. The number of halogens is 1. The molecule has 0 aromatic carbocycles. The van der Waals surface area contributed by atoms with Crippen molar-refractivity contribution >= 4 is 17.5 Å². The fourth-order valence-corrected chi connectivity index (χ4v) is 3.18. The van der Waals surface area contributed by atoms with Crippen molar-refractivity contribution in [1.29, 1.82) is 0 Å². The molecule has 0 aliphatic carbocycles. The van der Waals surface area contributed by atoms with Gasteiger partial charge in [-0.1, -0.05) is 11.6 Å². The topological polar surface area (TPSA) is 74.5 Å². The Labute approximate surface area is 151 Å². The lowest BCUT2D eigenvalue weighted by Crippen LogP contribution is -2.31. The second kappa shape index (κ2) is 7.51. The van der Waals surface area contributed by atoms with E-state index in [1.807, 2.05) is 29.7 Å². The minimum absolute atomic E-state index is 0.113. The average Bonchev–Trinajstić information content (AvgIpc) is 2.86. The van der Waals surface area contributed by atoms with Crippen LogP contribution in [-0.4, -0.2) is 62.8 Å². The van der Waals surface area contributed by atoms with Crippen LogP contribution in [-0.2, 0) is 13.1 Å². The fourth-order valence-electron chi connectivity index (χ4n) is 2.98. The van der Waals surface area contributed by atoms with E-state index in [-0.39, 0.29) is 5.91 Å². The fraction of sp³-hybridized carbons (Fsp3) is 0.471. The molecular weight excluding hydrogens is 342 g/mol. The molecule has 0 fully saturated rings. The SMILES string of the molecule is CN(C)CC(O)c1cc2n(n1)CCCN(C(=O)c1ccncc1Cl)C2. The molecule has 0 saturated carbocycles. The van der Waals surface area contributed by atoms with Gasteiger partial charge in [-0.15, -0.1) is 0 Å². The van der Waals surface area contributed by atoms with Gasteiger partial charge in [0.25, 0.3) is 5.91 Å². The molecule has 8 heteroatoms. The van der Waals surface area contributed by atoms with Gasteiger partial charge in [0.2, 0.25) is 0 Å². The van der Waals surface area contributed by atoms with E-state index in [4.69, 9.17) is 11.6 Å². The van der Waals surface area contributed by atoms with Crippen LogP contribution in [0.5, 0.6) is 0 Å². The number of carbonyl (C=O) groups is 1. The smallest absolute Gasteiger partial charge is 0.255 e. The molecule has 3 rings (SSSR count). The van der Waals surface area contributed by atoms with Crippen molar-refractivity contribution in [3.8, 4) is 0 Å². The number of pyridine rings is 1. The first-order valence-electron chi connectivity index (χ1n) is 8.24. The van der Waals surface area contributed by atoms with Crippen LogP contribution in [0.3, 0.4) is 0 Å². The van der Waals surface area contributed by atoms with Crippen LogP contribution in [0.15, 0.2) is 24.5 Å². The summed E-state index contributed by atoms with van der Waals surface area (Å²) >= 11 is 6.11. The number of hydrogen-bond acceptors (Lipinski definition) is 5. The normalized spacial score (nSPS) is 15.8. The molecule has 1 aliphatic heterocycles. The molecule has 25 heavy (non-hydrogen) atoms. The van der Waals surface area contributed by atoms with E-state index in [1.54, 1.807) is 17.2 Å².